The average Bonchev–Trinajstić information content (AvgIpc) is 2.63. The summed E-state index contributed by atoms with van der Waals surface area (Å²) in [5.41, 5.74) is 0. The van der Waals surface area contributed by atoms with Crippen LogP contribution in [0.15, 0.2) is 4.99 Å². The third kappa shape index (κ3) is 9.49. The first-order valence-electron chi connectivity index (χ1n) is 7.50. The van der Waals surface area contributed by atoms with Gasteiger partial charge in [-0.1, -0.05) is 25.7 Å². The molecule has 0 saturated heterocycles. The van der Waals surface area contributed by atoms with Crippen LogP contribution < -0.4 is 10.6 Å². The van der Waals surface area contributed by atoms with E-state index in [0.29, 0.717) is 6.10 Å². The summed E-state index contributed by atoms with van der Waals surface area (Å²) in [5.74, 6) is 0.893. The minimum Gasteiger partial charge on any atom is -0.376 e. The second-order valence-electron chi connectivity index (χ2n) is 4.78. The molecule has 0 aromatic carbocycles. The van der Waals surface area contributed by atoms with Gasteiger partial charge in [-0.05, 0) is 26.7 Å². The lowest BCUT2D eigenvalue weighted by Gasteiger charge is -2.15. The Hall–Kier alpha value is -0.0400. The highest BCUT2D eigenvalue weighted by molar-refractivity contribution is 14.0. The van der Waals surface area contributed by atoms with Crippen molar-refractivity contribution in [3.63, 3.8) is 0 Å². The zero-order valence-electron chi connectivity index (χ0n) is 12.4. The van der Waals surface area contributed by atoms with Crippen molar-refractivity contribution in [3.05, 3.63) is 0 Å². The van der Waals surface area contributed by atoms with Gasteiger partial charge in [0.25, 0.3) is 0 Å². The van der Waals surface area contributed by atoms with Crippen LogP contribution in [0, 0.1) is 0 Å². The maximum atomic E-state index is 5.91. The molecule has 0 aromatic heterocycles. The molecule has 0 aromatic rings. The molecule has 1 aliphatic carbocycles. The predicted molar refractivity (Wildman–Crippen MR) is 92.5 cm³/mol. The molecule has 0 heterocycles. The lowest BCUT2D eigenvalue weighted by Crippen LogP contribution is -2.37. The van der Waals surface area contributed by atoms with E-state index in [1.54, 1.807) is 0 Å². The lowest BCUT2D eigenvalue weighted by atomic mass is 10.1. The maximum Gasteiger partial charge on any atom is 0.191 e. The van der Waals surface area contributed by atoms with Crippen molar-refractivity contribution in [2.24, 2.45) is 4.99 Å². The summed E-state index contributed by atoms with van der Waals surface area (Å²) >= 11 is 0. The number of guanidine groups is 1. The van der Waals surface area contributed by atoms with Crippen LogP contribution in [0.5, 0.6) is 0 Å². The number of hydrogen-bond donors (Lipinski definition) is 2. The van der Waals surface area contributed by atoms with Crippen molar-refractivity contribution in [1.82, 2.24) is 10.6 Å². The fourth-order valence-electron chi connectivity index (χ4n) is 2.29. The smallest absolute Gasteiger partial charge is 0.191 e. The fourth-order valence-corrected chi connectivity index (χ4v) is 2.29. The van der Waals surface area contributed by atoms with Crippen molar-refractivity contribution in [2.75, 3.05) is 26.2 Å². The molecule has 1 aliphatic rings. The van der Waals surface area contributed by atoms with E-state index >= 15 is 0 Å². The summed E-state index contributed by atoms with van der Waals surface area (Å²) in [5, 5.41) is 6.43. The molecular weight excluding hydrogens is 353 g/mol. The summed E-state index contributed by atoms with van der Waals surface area (Å²) in [6, 6.07) is 0. The molecular formula is C14H30IN3O. The van der Waals surface area contributed by atoms with E-state index in [9.17, 15) is 0 Å². The molecule has 0 radical (unpaired) electrons. The molecule has 0 amide bonds. The first-order chi connectivity index (χ1) is 8.86. The van der Waals surface area contributed by atoms with Crippen LogP contribution in [0.2, 0.25) is 0 Å². The van der Waals surface area contributed by atoms with Crippen LogP contribution in [-0.4, -0.2) is 38.3 Å². The Labute approximate surface area is 135 Å². The van der Waals surface area contributed by atoms with Gasteiger partial charge in [0.15, 0.2) is 5.96 Å². The van der Waals surface area contributed by atoms with Crippen molar-refractivity contribution in [2.45, 2.75) is 58.5 Å². The van der Waals surface area contributed by atoms with Crippen LogP contribution in [0.4, 0.5) is 0 Å². The predicted octanol–water partition coefficient (Wildman–Crippen LogP) is 2.92. The van der Waals surface area contributed by atoms with Gasteiger partial charge in [-0.3, -0.25) is 4.99 Å². The topological polar surface area (TPSA) is 45.7 Å². The third-order valence-electron chi connectivity index (χ3n) is 3.21. The second kappa shape index (κ2) is 13.0. The van der Waals surface area contributed by atoms with Gasteiger partial charge < -0.3 is 15.4 Å². The number of nitrogens with zero attached hydrogens (tertiary/aromatic N) is 1. The van der Waals surface area contributed by atoms with Crippen molar-refractivity contribution < 1.29 is 4.74 Å². The van der Waals surface area contributed by atoms with Gasteiger partial charge in [-0.2, -0.15) is 0 Å². The Kier molecular flexibility index (Phi) is 12.9. The number of aliphatic imine (C=N–C) groups is 1. The third-order valence-corrected chi connectivity index (χ3v) is 3.21. The van der Waals surface area contributed by atoms with Gasteiger partial charge in [0.05, 0.1) is 19.3 Å². The molecule has 19 heavy (non-hydrogen) atoms. The van der Waals surface area contributed by atoms with E-state index in [1.165, 1.54) is 38.5 Å². The largest absolute Gasteiger partial charge is 0.376 e. The Morgan fingerprint density at radius 2 is 1.63 bits per heavy atom. The van der Waals surface area contributed by atoms with Gasteiger partial charge in [0.1, 0.15) is 0 Å². The summed E-state index contributed by atoms with van der Waals surface area (Å²) in [6.07, 6.45) is 8.35. The van der Waals surface area contributed by atoms with Crippen LogP contribution in [-0.2, 0) is 4.74 Å². The summed E-state index contributed by atoms with van der Waals surface area (Å²) in [7, 11) is 0. The molecule has 0 bridgehead atoms. The quantitative estimate of drug-likeness (QED) is 0.244. The van der Waals surface area contributed by atoms with E-state index in [0.717, 1.165) is 32.2 Å². The molecule has 0 aliphatic heterocycles. The first-order valence-corrected chi connectivity index (χ1v) is 7.50. The Morgan fingerprint density at radius 1 is 1.05 bits per heavy atom. The normalized spacial score (nSPS) is 16.1. The van der Waals surface area contributed by atoms with E-state index in [4.69, 9.17) is 4.74 Å². The number of nitrogens with one attached hydrogen (secondary N) is 2. The number of halogens is 1. The summed E-state index contributed by atoms with van der Waals surface area (Å²) < 4.78 is 5.91. The molecule has 0 atom stereocenters. The zero-order chi connectivity index (χ0) is 13.1. The standard InChI is InChI=1S/C14H29N3O.HI/c1-3-15-14(16-4-2)17-11-12-18-13-9-7-5-6-8-10-13;/h13H,3-12H2,1-2H3,(H2,15,16,17);1H. The van der Waals surface area contributed by atoms with Gasteiger partial charge >= 0.3 is 0 Å². The Morgan fingerprint density at radius 3 is 2.16 bits per heavy atom. The molecule has 1 saturated carbocycles. The highest BCUT2D eigenvalue weighted by Gasteiger charge is 2.11. The van der Waals surface area contributed by atoms with E-state index in [-0.39, 0.29) is 24.0 Å². The van der Waals surface area contributed by atoms with Crippen LogP contribution in [0.3, 0.4) is 0 Å². The highest BCUT2D eigenvalue weighted by atomic mass is 127. The average molecular weight is 383 g/mol. The van der Waals surface area contributed by atoms with Gasteiger partial charge in [-0.15, -0.1) is 24.0 Å². The number of ether oxygens (including phenoxy) is 1. The lowest BCUT2D eigenvalue weighted by molar-refractivity contribution is 0.0487. The monoisotopic (exact) mass is 383 g/mol. The minimum absolute atomic E-state index is 0. The van der Waals surface area contributed by atoms with E-state index in [2.05, 4.69) is 29.5 Å². The minimum atomic E-state index is 0. The summed E-state index contributed by atoms with van der Waals surface area (Å²) in [6.45, 7) is 7.44. The summed E-state index contributed by atoms with van der Waals surface area (Å²) in [4.78, 5) is 4.48. The Bertz CT molecular complexity index is 221. The maximum absolute atomic E-state index is 5.91. The molecule has 0 unspecified atom stereocenters. The van der Waals surface area contributed by atoms with Crippen molar-refractivity contribution in [1.29, 1.82) is 0 Å². The van der Waals surface area contributed by atoms with Crippen molar-refractivity contribution >= 4 is 29.9 Å². The zero-order valence-corrected chi connectivity index (χ0v) is 14.7. The van der Waals surface area contributed by atoms with E-state index < -0.39 is 0 Å². The molecule has 1 rings (SSSR count). The number of hydrogen-bond acceptors (Lipinski definition) is 2. The molecule has 0 spiro atoms. The fraction of sp³-hybridized carbons (Fsp3) is 0.929. The molecule has 4 nitrogen and oxygen atoms in total. The van der Waals surface area contributed by atoms with Gasteiger partial charge in [-0.25, -0.2) is 0 Å². The number of rotatable bonds is 6. The highest BCUT2D eigenvalue weighted by Crippen LogP contribution is 2.19. The SMILES string of the molecule is CCNC(=NCCOC1CCCCCC1)NCC.I. The van der Waals surface area contributed by atoms with Crippen LogP contribution in [0.1, 0.15) is 52.4 Å². The van der Waals surface area contributed by atoms with Crippen LogP contribution in [0.25, 0.3) is 0 Å². The van der Waals surface area contributed by atoms with E-state index in [1.807, 2.05) is 0 Å². The molecule has 114 valence electrons. The first kappa shape index (κ1) is 19.0. The molecule has 5 heteroatoms. The Balaban J connectivity index is 0.00000324. The van der Waals surface area contributed by atoms with Crippen LogP contribution >= 0.6 is 24.0 Å². The van der Waals surface area contributed by atoms with Gasteiger partial charge in [0, 0.05) is 13.1 Å². The second-order valence-corrected chi connectivity index (χ2v) is 4.78. The van der Waals surface area contributed by atoms with Crippen molar-refractivity contribution in [3.8, 4) is 0 Å². The molecule has 2 N–H and O–H groups in total. The molecule has 1 fully saturated rings. The van der Waals surface area contributed by atoms with Gasteiger partial charge in [0.2, 0.25) is 0 Å².